The molecule has 126 valence electrons. The monoisotopic (exact) mass is 317 g/mol. The van der Waals surface area contributed by atoms with Crippen molar-refractivity contribution in [2.24, 2.45) is 5.92 Å². The number of Topliss-reactive ketones (excluding diaryl/α,β-unsaturated/α-hetero) is 1. The van der Waals surface area contributed by atoms with Crippen LogP contribution in [0.5, 0.6) is 5.75 Å². The number of hydrogen-bond donors (Lipinski definition) is 1. The van der Waals surface area contributed by atoms with Crippen LogP contribution in [-0.2, 0) is 4.79 Å². The van der Waals surface area contributed by atoms with E-state index in [-0.39, 0.29) is 17.7 Å². The number of benzene rings is 1. The molecule has 1 amide bonds. The molecular weight excluding hydrogens is 290 g/mol. The molecule has 0 aromatic heterocycles. The summed E-state index contributed by atoms with van der Waals surface area (Å²) in [5.41, 5.74) is 0.674. The maximum Gasteiger partial charge on any atom is 0.261 e. The van der Waals surface area contributed by atoms with Gasteiger partial charge in [-0.3, -0.25) is 9.59 Å². The van der Waals surface area contributed by atoms with E-state index < -0.39 is 6.10 Å². The van der Waals surface area contributed by atoms with Gasteiger partial charge in [0.2, 0.25) is 0 Å². The molecule has 3 atom stereocenters. The lowest BCUT2D eigenvalue weighted by Crippen LogP contribution is -2.46. The molecule has 1 aliphatic rings. The third-order valence-corrected chi connectivity index (χ3v) is 4.62. The number of carbonyl (C=O) groups is 2. The predicted molar refractivity (Wildman–Crippen MR) is 90.7 cm³/mol. The zero-order valence-corrected chi connectivity index (χ0v) is 14.3. The molecule has 0 aliphatic heterocycles. The topological polar surface area (TPSA) is 55.4 Å². The molecule has 0 spiro atoms. The molecule has 0 unspecified atom stereocenters. The minimum Gasteiger partial charge on any atom is -0.481 e. The lowest BCUT2D eigenvalue weighted by atomic mass is 9.86. The van der Waals surface area contributed by atoms with Crippen LogP contribution < -0.4 is 10.1 Å². The van der Waals surface area contributed by atoms with Crippen LogP contribution in [0.4, 0.5) is 0 Å². The standard InChI is InChI=1S/C19H27NO3/c1-4-18(21)15-9-11-16(12-10-15)23-14(3)19(22)20-17-8-6-5-7-13(17)2/h9-14,17H,4-8H2,1-3H3,(H,20,22)/t13-,14+,17+/m0/s1. The highest BCUT2D eigenvalue weighted by Crippen LogP contribution is 2.24. The first-order chi connectivity index (χ1) is 11.0. The Kier molecular flexibility index (Phi) is 6.20. The Morgan fingerprint density at radius 2 is 1.87 bits per heavy atom. The number of ether oxygens (including phenoxy) is 1. The van der Waals surface area contributed by atoms with Crippen molar-refractivity contribution in [3.8, 4) is 5.75 Å². The van der Waals surface area contributed by atoms with Crippen LogP contribution in [0.25, 0.3) is 0 Å². The van der Waals surface area contributed by atoms with Gasteiger partial charge < -0.3 is 10.1 Å². The number of hydrogen-bond acceptors (Lipinski definition) is 3. The molecule has 0 bridgehead atoms. The van der Waals surface area contributed by atoms with Crippen LogP contribution in [0.1, 0.15) is 63.2 Å². The van der Waals surface area contributed by atoms with Crippen molar-refractivity contribution in [1.29, 1.82) is 0 Å². The molecule has 23 heavy (non-hydrogen) atoms. The van der Waals surface area contributed by atoms with Crippen molar-refractivity contribution in [3.63, 3.8) is 0 Å². The van der Waals surface area contributed by atoms with Gasteiger partial charge >= 0.3 is 0 Å². The van der Waals surface area contributed by atoms with Crippen LogP contribution in [0.15, 0.2) is 24.3 Å². The van der Waals surface area contributed by atoms with Gasteiger partial charge in [0.1, 0.15) is 5.75 Å². The smallest absolute Gasteiger partial charge is 0.261 e. The zero-order chi connectivity index (χ0) is 16.8. The minimum absolute atomic E-state index is 0.0718. The van der Waals surface area contributed by atoms with Gasteiger partial charge in [-0.2, -0.15) is 0 Å². The van der Waals surface area contributed by atoms with Crippen LogP contribution in [0, 0.1) is 5.92 Å². The summed E-state index contributed by atoms with van der Waals surface area (Å²) in [7, 11) is 0. The Bertz CT molecular complexity index is 538. The molecule has 1 aromatic carbocycles. The van der Waals surface area contributed by atoms with E-state index in [0.29, 0.717) is 23.7 Å². The van der Waals surface area contributed by atoms with Gasteiger partial charge in [0.25, 0.3) is 5.91 Å². The maximum atomic E-state index is 12.3. The second-order valence-corrected chi connectivity index (χ2v) is 6.44. The summed E-state index contributed by atoms with van der Waals surface area (Å²) in [6.07, 6.45) is 4.59. The first kappa shape index (κ1) is 17.5. The fraction of sp³-hybridized carbons (Fsp3) is 0.579. The van der Waals surface area contributed by atoms with Gasteiger partial charge in [0.05, 0.1) is 0 Å². The van der Waals surface area contributed by atoms with Crippen LogP contribution in [-0.4, -0.2) is 23.8 Å². The molecule has 2 rings (SSSR count). The first-order valence-corrected chi connectivity index (χ1v) is 8.61. The molecule has 0 heterocycles. The molecular formula is C19H27NO3. The van der Waals surface area contributed by atoms with Gasteiger partial charge in [0, 0.05) is 18.0 Å². The highest BCUT2D eigenvalue weighted by atomic mass is 16.5. The van der Waals surface area contributed by atoms with Crippen molar-refractivity contribution >= 4 is 11.7 Å². The second kappa shape index (κ2) is 8.14. The summed E-state index contributed by atoms with van der Waals surface area (Å²) >= 11 is 0. The summed E-state index contributed by atoms with van der Waals surface area (Å²) in [5, 5.41) is 3.11. The van der Waals surface area contributed by atoms with Crippen molar-refractivity contribution in [2.45, 2.75) is 65.0 Å². The third kappa shape index (κ3) is 4.81. The Balaban J connectivity index is 1.89. The third-order valence-electron chi connectivity index (χ3n) is 4.62. The Hall–Kier alpha value is -1.84. The van der Waals surface area contributed by atoms with Crippen molar-refractivity contribution in [3.05, 3.63) is 29.8 Å². The molecule has 1 fully saturated rings. The Morgan fingerprint density at radius 3 is 2.48 bits per heavy atom. The van der Waals surface area contributed by atoms with E-state index >= 15 is 0 Å². The van der Waals surface area contributed by atoms with Gasteiger partial charge in [-0.25, -0.2) is 0 Å². The van der Waals surface area contributed by atoms with Gasteiger partial charge in [-0.1, -0.05) is 26.7 Å². The average Bonchev–Trinajstić information content (AvgIpc) is 2.56. The predicted octanol–water partition coefficient (Wildman–Crippen LogP) is 3.74. The average molecular weight is 317 g/mol. The van der Waals surface area contributed by atoms with Crippen LogP contribution >= 0.6 is 0 Å². The largest absolute Gasteiger partial charge is 0.481 e. The summed E-state index contributed by atoms with van der Waals surface area (Å²) in [6, 6.07) is 7.24. The van der Waals surface area contributed by atoms with E-state index in [1.165, 1.54) is 19.3 Å². The van der Waals surface area contributed by atoms with Crippen molar-refractivity contribution in [1.82, 2.24) is 5.32 Å². The van der Waals surface area contributed by atoms with E-state index in [0.717, 1.165) is 6.42 Å². The zero-order valence-electron chi connectivity index (χ0n) is 14.3. The molecule has 1 aromatic rings. The summed E-state index contributed by atoms with van der Waals surface area (Å²) in [6.45, 7) is 5.79. The molecule has 4 heteroatoms. The minimum atomic E-state index is -0.545. The number of amides is 1. The number of nitrogens with one attached hydrogen (secondary N) is 1. The van der Waals surface area contributed by atoms with Crippen LogP contribution in [0.3, 0.4) is 0 Å². The van der Waals surface area contributed by atoms with Crippen LogP contribution in [0.2, 0.25) is 0 Å². The number of rotatable bonds is 6. The van der Waals surface area contributed by atoms with E-state index in [2.05, 4.69) is 12.2 Å². The molecule has 0 radical (unpaired) electrons. The second-order valence-electron chi connectivity index (χ2n) is 6.44. The van der Waals surface area contributed by atoms with Crippen molar-refractivity contribution in [2.75, 3.05) is 0 Å². The summed E-state index contributed by atoms with van der Waals surface area (Å²) in [5.74, 6) is 1.17. The van der Waals surface area contributed by atoms with E-state index in [1.54, 1.807) is 31.2 Å². The molecule has 1 N–H and O–H groups in total. The molecule has 4 nitrogen and oxygen atoms in total. The maximum absolute atomic E-state index is 12.3. The number of ketones is 1. The quantitative estimate of drug-likeness (QED) is 0.813. The fourth-order valence-electron chi connectivity index (χ4n) is 3.01. The molecule has 1 aliphatic carbocycles. The molecule has 1 saturated carbocycles. The normalized spacial score (nSPS) is 22.2. The van der Waals surface area contributed by atoms with E-state index in [1.807, 2.05) is 6.92 Å². The summed E-state index contributed by atoms with van der Waals surface area (Å²) < 4.78 is 5.70. The summed E-state index contributed by atoms with van der Waals surface area (Å²) in [4.78, 5) is 23.9. The fourth-order valence-corrected chi connectivity index (χ4v) is 3.01. The van der Waals surface area contributed by atoms with Gasteiger partial charge in [-0.05, 0) is 49.9 Å². The Labute approximate surface area is 138 Å². The lowest BCUT2D eigenvalue weighted by molar-refractivity contribution is -0.128. The molecule has 0 saturated heterocycles. The van der Waals surface area contributed by atoms with E-state index in [9.17, 15) is 9.59 Å². The SMILES string of the molecule is CCC(=O)c1ccc(O[C@H](C)C(=O)N[C@@H]2CCCC[C@@H]2C)cc1. The number of carbonyl (C=O) groups excluding carboxylic acids is 2. The van der Waals surface area contributed by atoms with E-state index in [4.69, 9.17) is 4.74 Å². The van der Waals surface area contributed by atoms with Gasteiger partial charge in [-0.15, -0.1) is 0 Å². The Morgan fingerprint density at radius 1 is 1.22 bits per heavy atom. The van der Waals surface area contributed by atoms with Crippen molar-refractivity contribution < 1.29 is 14.3 Å². The van der Waals surface area contributed by atoms with Gasteiger partial charge in [0.15, 0.2) is 11.9 Å². The lowest BCUT2D eigenvalue weighted by Gasteiger charge is -2.30. The highest BCUT2D eigenvalue weighted by molar-refractivity contribution is 5.95. The first-order valence-electron chi connectivity index (χ1n) is 8.61. The highest BCUT2D eigenvalue weighted by Gasteiger charge is 2.25.